The summed E-state index contributed by atoms with van der Waals surface area (Å²) in [7, 11) is 0. The average Bonchev–Trinajstić information content (AvgIpc) is 2.28. The summed E-state index contributed by atoms with van der Waals surface area (Å²) in [6.45, 7) is 0.655. The molecule has 2 N–H and O–H groups in total. The van der Waals surface area contributed by atoms with Gasteiger partial charge in [0.1, 0.15) is 5.75 Å². The Hall–Kier alpha value is -1.74. The first-order valence-electron chi connectivity index (χ1n) is 4.93. The number of ether oxygens (including phenoxy) is 1. The SMILES string of the molecule is N#Cc1ccc(OCCCN)cc1C(F)(F)F. The van der Waals surface area contributed by atoms with E-state index in [1.54, 1.807) is 0 Å². The van der Waals surface area contributed by atoms with Gasteiger partial charge in [-0.15, -0.1) is 0 Å². The minimum absolute atomic E-state index is 0.0878. The number of alkyl halides is 3. The van der Waals surface area contributed by atoms with Crippen LogP contribution < -0.4 is 10.5 Å². The maximum Gasteiger partial charge on any atom is 0.417 e. The number of nitrogens with zero attached hydrogens (tertiary/aromatic N) is 1. The number of halogens is 3. The smallest absolute Gasteiger partial charge is 0.417 e. The lowest BCUT2D eigenvalue weighted by atomic mass is 10.1. The summed E-state index contributed by atoms with van der Waals surface area (Å²) in [4.78, 5) is 0. The molecule has 0 bridgehead atoms. The Morgan fingerprint density at radius 1 is 1.35 bits per heavy atom. The molecular weight excluding hydrogens is 233 g/mol. The van der Waals surface area contributed by atoms with Gasteiger partial charge in [-0.1, -0.05) is 0 Å². The molecule has 1 aromatic carbocycles. The van der Waals surface area contributed by atoms with E-state index < -0.39 is 17.3 Å². The van der Waals surface area contributed by atoms with Gasteiger partial charge < -0.3 is 10.5 Å². The molecule has 0 fully saturated rings. The van der Waals surface area contributed by atoms with Crippen LogP contribution in [0.2, 0.25) is 0 Å². The largest absolute Gasteiger partial charge is 0.494 e. The standard InChI is InChI=1S/C11H11F3N2O/c12-11(13,14)10-6-9(17-5-1-4-15)3-2-8(10)7-16/h2-3,6H,1,4-5,15H2. The first-order chi connectivity index (χ1) is 7.99. The Bertz CT molecular complexity index is 424. The molecule has 0 amide bonds. The summed E-state index contributed by atoms with van der Waals surface area (Å²) in [6.07, 6.45) is -4.00. The summed E-state index contributed by atoms with van der Waals surface area (Å²) in [5.74, 6) is 0.0878. The zero-order valence-electron chi connectivity index (χ0n) is 8.92. The second-order valence-electron chi connectivity index (χ2n) is 3.31. The third-order valence-electron chi connectivity index (χ3n) is 2.03. The topological polar surface area (TPSA) is 59.0 Å². The van der Waals surface area contributed by atoms with E-state index in [1.165, 1.54) is 12.1 Å². The van der Waals surface area contributed by atoms with Gasteiger partial charge in [-0.3, -0.25) is 0 Å². The van der Waals surface area contributed by atoms with E-state index >= 15 is 0 Å². The quantitative estimate of drug-likeness (QED) is 0.827. The molecule has 0 heterocycles. The van der Waals surface area contributed by atoms with Crippen molar-refractivity contribution in [3.05, 3.63) is 29.3 Å². The number of hydrogen-bond donors (Lipinski definition) is 1. The molecule has 92 valence electrons. The van der Waals surface area contributed by atoms with Crippen molar-refractivity contribution < 1.29 is 17.9 Å². The van der Waals surface area contributed by atoms with Gasteiger partial charge in [-0.05, 0) is 31.2 Å². The summed E-state index contributed by atoms with van der Waals surface area (Å²) in [5, 5.41) is 8.58. The highest BCUT2D eigenvalue weighted by atomic mass is 19.4. The molecule has 0 unspecified atom stereocenters. The molecule has 0 spiro atoms. The van der Waals surface area contributed by atoms with Crippen LogP contribution in [0.25, 0.3) is 0 Å². The van der Waals surface area contributed by atoms with E-state index in [0.29, 0.717) is 13.0 Å². The maximum atomic E-state index is 12.6. The van der Waals surface area contributed by atoms with E-state index in [-0.39, 0.29) is 12.4 Å². The van der Waals surface area contributed by atoms with Crippen molar-refractivity contribution in [1.29, 1.82) is 5.26 Å². The van der Waals surface area contributed by atoms with Gasteiger partial charge in [-0.25, -0.2) is 0 Å². The fraction of sp³-hybridized carbons (Fsp3) is 0.364. The fourth-order valence-electron chi connectivity index (χ4n) is 1.22. The van der Waals surface area contributed by atoms with Crippen molar-refractivity contribution in [2.45, 2.75) is 12.6 Å². The van der Waals surface area contributed by atoms with E-state index in [0.717, 1.165) is 12.1 Å². The van der Waals surface area contributed by atoms with Crippen molar-refractivity contribution in [3.8, 4) is 11.8 Å². The molecule has 0 atom stereocenters. The normalized spacial score (nSPS) is 11.0. The molecule has 0 aliphatic rings. The van der Waals surface area contributed by atoms with Gasteiger partial charge in [0, 0.05) is 0 Å². The van der Waals surface area contributed by atoms with Crippen LogP contribution in [-0.2, 0) is 6.18 Å². The summed E-state index contributed by atoms with van der Waals surface area (Å²) >= 11 is 0. The maximum absolute atomic E-state index is 12.6. The van der Waals surface area contributed by atoms with Crippen molar-refractivity contribution in [2.24, 2.45) is 5.73 Å². The van der Waals surface area contributed by atoms with Crippen LogP contribution >= 0.6 is 0 Å². The van der Waals surface area contributed by atoms with Crippen molar-refractivity contribution in [1.82, 2.24) is 0 Å². The first-order valence-corrected chi connectivity index (χ1v) is 4.93. The summed E-state index contributed by atoms with van der Waals surface area (Å²) < 4.78 is 42.8. The second-order valence-corrected chi connectivity index (χ2v) is 3.31. The van der Waals surface area contributed by atoms with Gasteiger partial charge in [0.25, 0.3) is 0 Å². The molecule has 0 radical (unpaired) electrons. The molecule has 0 aliphatic heterocycles. The number of nitrogens with two attached hydrogens (primary N) is 1. The van der Waals surface area contributed by atoms with Gasteiger partial charge >= 0.3 is 6.18 Å². The lowest BCUT2D eigenvalue weighted by Gasteiger charge is -2.11. The number of benzene rings is 1. The molecule has 6 heteroatoms. The summed E-state index contributed by atoms with van der Waals surface area (Å²) in [6, 6.07) is 4.76. The van der Waals surface area contributed by atoms with Crippen LogP contribution in [-0.4, -0.2) is 13.2 Å². The molecule has 17 heavy (non-hydrogen) atoms. The minimum atomic E-state index is -4.56. The highest BCUT2D eigenvalue weighted by molar-refractivity contribution is 5.44. The van der Waals surface area contributed by atoms with Gasteiger partial charge in [0.2, 0.25) is 0 Å². The van der Waals surface area contributed by atoms with Crippen molar-refractivity contribution in [2.75, 3.05) is 13.2 Å². The van der Waals surface area contributed by atoms with Crippen LogP contribution in [0.1, 0.15) is 17.5 Å². The third kappa shape index (κ3) is 3.64. The Kier molecular flexibility index (Phi) is 4.35. The van der Waals surface area contributed by atoms with Crippen LogP contribution in [0.15, 0.2) is 18.2 Å². The van der Waals surface area contributed by atoms with Gasteiger partial charge in [-0.2, -0.15) is 18.4 Å². The Morgan fingerprint density at radius 2 is 2.06 bits per heavy atom. The first kappa shape index (κ1) is 13.3. The van der Waals surface area contributed by atoms with Gasteiger partial charge in [0.05, 0.1) is 23.8 Å². The van der Waals surface area contributed by atoms with Crippen molar-refractivity contribution >= 4 is 0 Å². The zero-order valence-corrected chi connectivity index (χ0v) is 8.92. The molecule has 1 aromatic rings. The molecule has 0 aromatic heterocycles. The predicted molar refractivity (Wildman–Crippen MR) is 55.3 cm³/mol. The summed E-state index contributed by atoms with van der Waals surface area (Å²) in [5.41, 5.74) is 3.84. The molecular formula is C11H11F3N2O. The van der Waals surface area contributed by atoms with E-state index in [4.69, 9.17) is 15.7 Å². The Morgan fingerprint density at radius 3 is 2.59 bits per heavy atom. The molecule has 3 nitrogen and oxygen atoms in total. The van der Waals surface area contributed by atoms with Crippen LogP contribution in [0.3, 0.4) is 0 Å². The molecule has 1 rings (SSSR count). The average molecular weight is 244 g/mol. The van der Waals surface area contributed by atoms with Crippen LogP contribution in [0.5, 0.6) is 5.75 Å². The highest BCUT2D eigenvalue weighted by Crippen LogP contribution is 2.34. The number of nitriles is 1. The second kappa shape index (κ2) is 5.55. The molecule has 0 saturated carbocycles. The van der Waals surface area contributed by atoms with Crippen LogP contribution in [0.4, 0.5) is 13.2 Å². The lowest BCUT2D eigenvalue weighted by molar-refractivity contribution is -0.137. The fourth-order valence-corrected chi connectivity index (χ4v) is 1.22. The van der Waals surface area contributed by atoms with E-state index in [9.17, 15) is 13.2 Å². The Balaban J connectivity index is 2.94. The molecule has 0 saturated heterocycles. The number of hydrogen-bond acceptors (Lipinski definition) is 3. The lowest BCUT2D eigenvalue weighted by Crippen LogP contribution is -2.10. The minimum Gasteiger partial charge on any atom is -0.494 e. The highest BCUT2D eigenvalue weighted by Gasteiger charge is 2.34. The Labute approximate surface area is 96.6 Å². The monoisotopic (exact) mass is 244 g/mol. The van der Waals surface area contributed by atoms with E-state index in [1.807, 2.05) is 0 Å². The van der Waals surface area contributed by atoms with Gasteiger partial charge in [0.15, 0.2) is 0 Å². The third-order valence-corrected chi connectivity index (χ3v) is 2.03. The molecule has 0 aliphatic carbocycles. The van der Waals surface area contributed by atoms with E-state index in [2.05, 4.69) is 0 Å². The zero-order chi connectivity index (χ0) is 12.9. The van der Waals surface area contributed by atoms with Crippen LogP contribution in [0, 0.1) is 11.3 Å². The predicted octanol–water partition coefficient (Wildman–Crippen LogP) is 2.30. The van der Waals surface area contributed by atoms with Crippen molar-refractivity contribution in [3.63, 3.8) is 0 Å². The number of rotatable bonds is 4.